The highest BCUT2D eigenvalue weighted by atomic mass is 16.1. The van der Waals surface area contributed by atoms with Gasteiger partial charge in [-0.25, -0.2) is 0 Å². The van der Waals surface area contributed by atoms with Crippen LogP contribution in [0.1, 0.15) is 34.1 Å². The van der Waals surface area contributed by atoms with Crippen molar-refractivity contribution in [2.24, 2.45) is 0 Å². The van der Waals surface area contributed by atoms with Gasteiger partial charge in [-0.1, -0.05) is 48.5 Å². The van der Waals surface area contributed by atoms with Crippen LogP contribution in [0, 0.1) is 0 Å². The summed E-state index contributed by atoms with van der Waals surface area (Å²) >= 11 is 0. The van der Waals surface area contributed by atoms with E-state index in [1.807, 2.05) is 24.3 Å². The number of carbonyl (C=O) groups excluding carboxylic acids is 1. The average molecular weight is 206 g/mol. The molecule has 0 unspecified atom stereocenters. The molecule has 1 heteroatoms. The maximum Gasteiger partial charge on any atom is 0.156 e. The molecule has 2 bridgehead atoms. The van der Waals surface area contributed by atoms with E-state index >= 15 is 0 Å². The number of ketones is 1. The highest BCUT2D eigenvalue weighted by molar-refractivity contribution is 6.06. The van der Waals surface area contributed by atoms with Crippen molar-refractivity contribution in [3.63, 3.8) is 0 Å². The molecule has 0 N–H and O–H groups in total. The fourth-order valence-electron chi connectivity index (χ4n) is 3.19. The van der Waals surface area contributed by atoms with E-state index in [0.717, 1.165) is 0 Å². The van der Waals surface area contributed by atoms with E-state index in [-0.39, 0.29) is 11.8 Å². The highest BCUT2D eigenvalue weighted by Gasteiger charge is 2.48. The first-order chi connectivity index (χ1) is 7.88. The van der Waals surface area contributed by atoms with Crippen LogP contribution in [-0.4, -0.2) is 5.78 Å². The summed E-state index contributed by atoms with van der Waals surface area (Å²) in [6.45, 7) is 0. The Morgan fingerprint density at radius 1 is 0.625 bits per heavy atom. The predicted octanol–water partition coefficient (Wildman–Crippen LogP) is 2.85. The second-order valence-corrected chi connectivity index (χ2v) is 4.53. The molecule has 0 saturated heterocycles. The second-order valence-electron chi connectivity index (χ2n) is 4.53. The zero-order valence-electron chi connectivity index (χ0n) is 8.68. The first-order valence-corrected chi connectivity index (χ1v) is 5.59. The van der Waals surface area contributed by atoms with Crippen LogP contribution in [0.4, 0.5) is 0 Å². The van der Waals surface area contributed by atoms with Crippen LogP contribution in [0.3, 0.4) is 0 Å². The molecule has 0 fully saturated rings. The van der Waals surface area contributed by atoms with Gasteiger partial charge in [0.05, 0.1) is 11.8 Å². The summed E-state index contributed by atoms with van der Waals surface area (Å²) in [5.41, 5.74) is 4.87. The molecule has 2 aromatic carbocycles. The van der Waals surface area contributed by atoms with Crippen molar-refractivity contribution in [2.45, 2.75) is 11.8 Å². The Morgan fingerprint density at radius 2 is 0.938 bits per heavy atom. The van der Waals surface area contributed by atoms with Gasteiger partial charge in [-0.15, -0.1) is 0 Å². The molecule has 0 radical (unpaired) electrons. The highest BCUT2D eigenvalue weighted by Crippen LogP contribution is 2.53. The van der Waals surface area contributed by atoms with Crippen LogP contribution in [-0.2, 0) is 4.79 Å². The van der Waals surface area contributed by atoms with Crippen molar-refractivity contribution in [2.75, 3.05) is 0 Å². The largest absolute Gasteiger partial charge is 0.298 e. The van der Waals surface area contributed by atoms with Crippen LogP contribution < -0.4 is 0 Å². The fraction of sp³-hybridized carbons (Fsp3) is 0.133. The van der Waals surface area contributed by atoms with Crippen LogP contribution in [0.2, 0.25) is 0 Å². The number of benzene rings is 2. The van der Waals surface area contributed by atoms with E-state index < -0.39 is 0 Å². The Hall–Kier alpha value is -1.89. The Morgan fingerprint density at radius 3 is 1.25 bits per heavy atom. The van der Waals surface area contributed by atoms with Gasteiger partial charge >= 0.3 is 0 Å². The minimum Gasteiger partial charge on any atom is -0.298 e. The summed E-state index contributed by atoms with van der Waals surface area (Å²) in [7, 11) is 0. The molecule has 76 valence electrons. The molecule has 16 heavy (non-hydrogen) atoms. The maximum atomic E-state index is 12.3. The minimum absolute atomic E-state index is 0.0115. The van der Waals surface area contributed by atoms with E-state index in [0.29, 0.717) is 5.78 Å². The molecule has 0 aliphatic heterocycles. The van der Waals surface area contributed by atoms with E-state index in [9.17, 15) is 4.79 Å². The number of rotatable bonds is 0. The van der Waals surface area contributed by atoms with Crippen molar-refractivity contribution in [1.29, 1.82) is 0 Å². The second kappa shape index (κ2) is 2.62. The number of Topliss-reactive ketones (excluding diaryl/α,β-unsaturated/α-hetero) is 1. The molecule has 2 aliphatic carbocycles. The minimum atomic E-state index is 0.0115. The Kier molecular flexibility index (Phi) is 1.35. The van der Waals surface area contributed by atoms with E-state index in [1.165, 1.54) is 22.3 Å². The van der Waals surface area contributed by atoms with Gasteiger partial charge in [0.1, 0.15) is 0 Å². The standard InChI is InChI=1S/C15H10O/c16-15-13-9-5-1-2-6-10(9)14(15)12-8-4-3-7-11(12)13/h1-8,13-14H. The SMILES string of the molecule is O=C1C2c3ccccc3C1c1ccccc12. The number of carbonyl (C=O) groups is 1. The molecule has 0 spiro atoms. The van der Waals surface area contributed by atoms with E-state index in [2.05, 4.69) is 24.3 Å². The molecule has 2 aliphatic rings. The van der Waals surface area contributed by atoms with Gasteiger partial charge < -0.3 is 0 Å². The third kappa shape index (κ3) is 0.768. The molecule has 0 atom stereocenters. The Labute approximate surface area is 93.7 Å². The van der Waals surface area contributed by atoms with Gasteiger partial charge in [0.25, 0.3) is 0 Å². The third-order valence-corrected chi connectivity index (χ3v) is 3.81. The first-order valence-electron chi connectivity index (χ1n) is 5.59. The molecular weight excluding hydrogens is 196 g/mol. The third-order valence-electron chi connectivity index (χ3n) is 3.81. The van der Waals surface area contributed by atoms with Crippen molar-refractivity contribution in [3.8, 4) is 0 Å². The van der Waals surface area contributed by atoms with Crippen molar-refractivity contribution >= 4 is 5.78 Å². The summed E-state index contributed by atoms with van der Waals surface area (Å²) in [4.78, 5) is 12.3. The summed E-state index contributed by atoms with van der Waals surface area (Å²) in [6, 6.07) is 16.5. The monoisotopic (exact) mass is 206 g/mol. The summed E-state index contributed by atoms with van der Waals surface area (Å²) in [5, 5.41) is 0. The van der Waals surface area contributed by atoms with Gasteiger partial charge in [-0.3, -0.25) is 4.79 Å². The van der Waals surface area contributed by atoms with E-state index in [4.69, 9.17) is 0 Å². The first kappa shape index (κ1) is 8.28. The van der Waals surface area contributed by atoms with Crippen LogP contribution in [0.15, 0.2) is 48.5 Å². The lowest BCUT2D eigenvalue weighted by atomic mass is 9.86. The number of hydrogen-bond donors (Lipinski definition) is 0. The predicted molar refractivity (Wildman–Crippen MR) is 61.6 cm³/mol. The maximum absolute atomic E-state index is 12.3. The molecule has 2 aromatic rings. The summed E-state index contributed by atoms with van der Waals surface area (Å²) < 4.78 is 0. The lowest BCUT2D eigenvalue weighted by Gasteiger charge is -2.16. The molecule has 0 aromatic heterocycles. The normalized spacial score (nSPS) is 24.4. The molecule has 0 saturated carbocycles. The van der Waals surface area contributed by atoms with Gasteiger partial charge in [0, 0.05) is 0 Å². The fourth-order valence-corrected chi connectivity index (χ4v) is 3.19. The van der Waals surface area contributed by atoms with Crippen LogP contribution in [0.5, 0.6) is 0 Å². The molecule has 0 heterocycles. The molecule has 4 rings (SSSR count). The quantitative estimate of drug-likeness (QED) is 0.647. The lowest BCUT2D eigenvalue weighted by Crippen LogP contribution is -2.01. The molecule has 0 amide bonds. The average Bonchev–Trinajstić information content (AvgIpc) is 2.78. The van der Waals surface area contributed by atoms with E-state index in [1.54, 1.807) is 0 Å². The zero-order chi connectivity index (χ0) is 10.7. The Bertz CT molecular complexity index is 513. The lowest BCUT2D eigenvalue weighted by molar-refractivity contribution is -0.118. The topological polar surface area (TPSA) is 17.1 Å². The smallest absolute Gasteiger partial charge is 0.156 e. The number of fused-ring (bicyclic) bond motifs is 8. The van der Waals surface area contributed by atoms with Crippen molar-refractivity contribution in [1.82, 2.24) is 0 Å². The zero-order valence-corrected chi connectivity index (χ0v) is 8.68. The van der Waals surface area contributed by atoms with Gasteiger partial charge in [0.15, 0.2) is 5.78 Å². The Balaban J connectivity index is 2.08. The van der Waals surface area contributed by atoms with Gasteiger partial charge in [-0.2, -0.15) is 0 Å². The van der Waals surface area contributed by atoms with Gasteiger partial charge in [0.2, 0.25) is 0 Å². The van der Waals surface area contributed by atoms with Crippen LogP contribution in [0.25, 0.3) is 0 Å². The number of hydrogen-bond acceptors (Lipinski definition) is 1. The summed E-state index contributed by atoms with van der Waals surface area (Å²) in [5.74, 6) is 0.386. The van der Waals surface area contributed by atoms with Crippen LogP contribution >= 0.6 is 0 Å². The van der Waals surface area contributed by atoms with Crippen molar-refractivity contribution < 1.29 is 4.79 Å². The van der Waals surface area contributed by atoms with Gasteiger partial charge in [-0.05, 0) is 22.3 Å². The molecular formula is C15H10O. The molecule has 1 nitrogen and oxygen atoms in total. The summed E-state index contributed by atoms with van der Waals surface area (Å²) in [6.07, 6.45) is 0. The van der Waals surface area contributed by atoms with Crippen molar-refractivity contribution in [3.05, 3.63) is 70.8 Å².